The standard InChI is InChI=1S/C15H20N2O2/c1-17(2)12-15(19)16-11-14-9-4-3-7-13(14)8-5-6-10-18/h3-4,7,9,18H,6,10-12H2,1-2H3,(H,16,19). The van der Waals surface area contributed by atoms with Crippen LogP contribution in [0.5, 0.6) is 0 Å². The van der Waals surface area contributed by atoms with Crippen molar-refractivity contribution in [2.45, 2.75) is 13.0 Å². The van der Waals surface area contributed by atoms with Gasteiger partial charge in [0.1, 0.15) is 0 Å². The maximum Gasteiger partial charge on any atom is 0.234 e. The van der Waals surface area contributed by atoms with Crippen LogP contribution in [0.1, 0.15) is 17.5 Å². The minimum absolute atomic E-state index is 0.0110. The smallest absolute Gasteiger partial charge is 0.234 e. The molecule has 4 heteroatoms. The van der Waals surface area contributed by atoms with Gasteiger partial charge in [0.05, 0.1) is 13.2 Å². The molecule has 0 atom stereocenters. The number of hydrogen-bond donors (Lipinski definition) is 2. The van der Waals surface area contributed by atoms with Gasteiger partial charge in [0.2, 0.25) is 5.91 Å². The first-order valence-corrected chi connectivity index (χ1v) is 6.22. The van der Waals surface area contributed by atoms with Gasteiger partial charge in [-0.15, -0.1) is 0 Å². The molecule has 0 aliphatic rings. The second-order valence-corrected chi connectivity index (χ2v) is 4.45. The van der Waals surface area contributed by atoms with Crippen LogP contribution >= 0.6 is 0 Å². The predicted octanol–water partition coefficient (Wildman–Crippen LogP) is 0.598. The second kappa shape index (κ2) is 8.30. The van der Waals surface area contributed by atoms with Gasteiger partial charge in [-0.1, -0.05) is 30.0 Å². The van der Waals surface area contributed by atoms with Crippen LogP contribution in [0.15, 0.2) is 24.3 Å². The average Bonchev–Trinajstić information content (AvgIpc) is 2.37. The average molecular weight is 260 g/mol. The summed E-state index contributed by atoms with van der Waals surface area (Å²) in [6.45, 7) is 0.906. The van der Waals surface area contributed by atoms with E-state index in [1.807, 2.05) is 43.3 Å². The molecule has 0 aliphatic heterocycles. The fourth-order valence-electron chi connectivity index (χ4n) is 1.55. The summed E-state index contributed by atoms with van der Waals surface area (Å²) < 4.78 is 0. The van der Waals surface area contributed by atoms with E-state index in [2.05, 4.69) is 17.2 Å². The lowest BCUT2D eigenvalue weighted by atomic mass is 10.1. The number of carbonyl (C=O) groups is 1. The topological polar surface area (TPSA) is 52.6 Å². The largest absolute Gasteiger partial charge is 0.395 e. The van der Waals surface area contributed by atoms with Crippen LogP contribution in [-0.4, -0.2) is 43.2 Å². The molecule has 0 aliphatic carbocycles. The van der Waals surface area contributed by atoms with Gasteiger partial charge in [-0.25, -0.2) is 0 Å². The number of carbonyl (C=O) groups excluding carboxylic acids is 1. The summed E-state index contributed by atoms with van der Waals surface area (Å²) in [6, 6.07) is 7.69. The number of likely N-dealkylation sites (N-methyl/N-ethyl adjacent to an activating group) is 1. The van der Waals surface area contributed by atoms with Gasteiger partial charge >= 0.3 is 0 Å². The molecule has 102 valence electrons. The normalized spacial score (nSPS) is 9.89. The van der Waals surface area contributed by atoms with E-state index in [4.69, 9.17) is 5.11 Å². The Balaban J connectivity index is 2.63. The number of rotatable bonds is 5. The maximum absolute atomic E-state index is 11.6. The van der Waals surface area contributed by atoms with E-state index in [1.54, 1.807) is 0 Å². The van der Waals surface area contributed by atoms with Crippen LogP contribution in [-0.2, 0) is 11.3 Å². The molecule has 2 N–H and O–H groups in total. The lowest BCUT2D eigenvalue weighted by Gasteiger charge is -2.10. The first kappa shape index (κ1) is 15.2. The predicted molar refractivity (Wildman–Crippen MR) is 75.4 cm³/mol. The number of aliphatic hydroxyl groups is 1. The molecular weight excluding hydrogens is 240 g/mol. The quantitative estimate of drug-likeness (QED) is 0.762. The van der Waals surface area contributed by atoms with Gasteiger partial charge in [-0.2, -0.15) is 0 Å². The molecule has 0 aromatic heterocycles. The Morgan fingerprint density at radius 2 is 2.11 bits per heavy atom. The van der Waals surface area contributed by atoms with Crippen molar-refractivity contribution in [1.29, 1.82) is 0 Å². The summed E-state index contributed by atoms with van der Waals surface area (Å²) >= 11 is 0. The third-order valence-corrected chi connectivity index (χ3v) is 2.41. The highest BCUT2D eigenvalue weighted by Gasteiger charge is 2.04. The molecule has 1 rings (SSSR count). The van der Waals surface area contributed by atoms with Crippen molar-refractivity contribution in [3.63, 3.8) is 0 Å². The highest BCUT2D eigenvalue weighted by Crippen LogP contribution is 2.06. The van der Waals surface area contributed by atoms with E-state index in [0.717, 1.165) is 11.1 Å². The highest BCUT2D eigenvalue weighted by molar-refractivity contribution is 5.78. The van der Waals surface area contributed by atoms with Gasteiger partial charge in [0, 0.05) is 18.5 Å². The van der Waals surface area contributed by atoms with Crippen molar-refractivity contribution < 1.29 is 9.90 Å². The molecule has 1 aromatic rings. The summed E-state index contributed by atoms with van der Waals surface area (Å²) in [5.41, 5.74) is 1.88. The maximum atomic E-state index is 11.6. The van der Waals surface area contributed by atoms with Gasteiger partial charge in [0.15, 0.2) is 0 Å². The SMILES string of the molecule is CN(C)CC(=O)NCc1ccccc1C#CCCO. The minimum atomic E-state index is -0.0110. The molecule has 0 heterocycles. The zero-order valence-corrected chi connectivity index (χ0v) is 11.4. The van der Waals surface area contributed by atoms with Crippen LogP contribution in [0.2, 0.25) is 0 Å². The summed E-state index contributed by atoms with van der Waals surface area (Å²) in [6.07, 6.45) is 0.460. The molecule has 1 aromatic carbocycles. The minimum Gasteiger partial charge on any atom is -0.395 e. The van der Waals surface area contributed by atoms with Gasteiger partial charge in [-0.3, -0.25) is 4.79 Å². The first-order valence-electron chi connectivity index (χ1n) is 6.22. The molecular formula is C15H20N2O2. The molecule has 0 bridgehead atoms. The third-order valence-electron chi connectivity index (χ3n) is 2.41. The Morgan fingerprint density at radius 1 is 1.37 bits per heavy atom. The first-order chi connectivity index (χ1) is 9.13. The Kier molecular flexibility index (Phi) is 6.65. The number of nitrogens with one attached hydrogen (secondary N) is 1. The summed E-state index contributed by atoms with van der Waals surface area (Å²) in [5, 5.41) is 11.6. The number of aliphatic hydroxyl groups excluding tert-OH is 1. The van der Waals surface area contributed by atoms with Crippen LogP contribution in [0.3, 0.4) is 0 Å². The molecule has 0 unspecified atom stereocenters. The number of nitrogens with zero attached hydrogens (tertiary/aromatic N) is 1. The Hall–Kier alpha value is -1.83. The molecule has 0 saturated heterocycles. The van der Waals surface area contributed by atoms with Crippen molar-refractivity contribution in [1.82, 2.24) is 10.2 Å². The van der Waals surface area contributed by atoms with E-state index < -0.39 is 0 Å². The summed E-state index contributed by atoms with van der Waals surface area (Å²) in [7, 11) is 3.71. The Bertz CT molecular complexity index is 473. The van der Waals surface area contributed by atoms with E-state index in [-0.39, 0.29) is 12.5 Å². The molecule has 0 fully saturated rings. The van der Waals surface area contributed by atoms with Crippen molar-refractivity contribution in [2.24, 2.45) is 0 Å². The lowest BCUT2D eigenvalue weighted by Crippen LogP contribution is -2.32. The van der Waals surface area contributed by atoms with Crippen LogP contribution < -0.4 is 5.32 Å². The second-order valence-electron chi connectivity index (χ2n) is 4.45. The van der Waals surface area contributed by atoms with Crippen LogP contribution in [0.4, 0.5) is 0 Å². The van der Waals surface area contributed by atoms with E-state index >= 15 is 0 Å². The molecule has 0 saturated carbocycles. The van der Waals surface area contributed by atoms with Crippen molar-refractivity contribution in [2.75, 3.05) is 27.2 Å². The van der Waals surface area contributed by atoms with Crippen LogP contribution in [0, 0.1) is 11.8 Å². The fraction of sp³-hybridized carbons (Fsp3) is 0.400. The van der Waals surface area contributed by atoms with Gasteiger partial charge in [0.25, 0.3) is 0 Å². The molecule has 4 nitrogen and oxygen atoms in total. The zero-order chi connectivity index (χ0) is 14.1. The molecule has 0 spiro atoms. The zero-order valence-electron chi connectivity index (χ0n) is 11.4. The summed E-state index contributed by atoms with van der Waals surface area (Å²) in [4.78, 5) is 13.4. The van der Waals surface area contributed by atoms with Crippen molar-refractivity contribution >= 4 is 5.91 Å². The third kappa shape index (κ3) is 6.05. The van der Waals surface area contributed by atoms with E-state index in [9.17, 15) is 4.79 Å². The number of amides is 1. The lowest BCUT2D eigenvalue weighted by molar-refractivity contribution is -0.121. The van der Waals surface area contributed by atoms with Crippen molar-refractivity contribution in [3.8, 4) is 11.8 Å². The number of benzene rings is 1. The fourth-order valence-corrected chi connectivity index (χ4v) is 1.55. The molecule has 19 heavy (non-hydrogen) atoms. The van der Waals surface area contributed by atoms with Crippen LogP contribution in [0.25, 0.3) is 0 Å². The Morgan fingerprint density at radius 3 is 2.79 bits per heavy atom. The van der Waals surface area contributed by atoms with Gasteiger partial charge < -0.3 is 15.3 Å². The van der Waals surface area contributed by atoms with E-state index in [1.165, 1.54) is 0 Å². The Labute approximate surface area is 114 Å². The monoisotopic (exact) mass is 260 g/mol. The molecule has 0 radical (unpaired) electrons. The highest BCUT2D eigenvalue weighted by atomic mass is 16.2. The summed E-state index contributed by atoms with van der Waals surface area (Å²) in [5.74, 6) is 5.89. The van der Waals surface area contributed by atoms with E-state index in [0.29, 0.717) is 19.5 Å². The van der Waals surface area contributed by atoms with Gasteiger partial charge in [-0.05, 0) is 25.7 Å². The molecule has 1 amide bonds. The number of hydrogen-bond acceptors (Lipinski definition) is 3. The van der Waals surface area contributed by atoms with Crippen molar-refractivity contribution in [3.05, 3.63) is 35.4 Å².